The highest BCUT2D eigenvalue weighted by atomic mass is 16.4. The van der Waals surface area contributed by atoms with Crippen LogP contribution in [0.5, 0.6) is 0 Å². The van der Waals surface area contributed by atoms with Crippen molar-refractivity contribution in [2.75, 3.05) is 0 Å². The highest BCUT2D eigenvalue weighted by Crippen LogP contribution is 2.05. The van der Waals surface area contributed by atoms with Crippen LogP contribution in [0.4, 0.5) is 0 Å². The summed E-state index contributed by atoms with van der Waals surface area (Å²) >= 11 is 0. The van der Waals surface area contributed by atoms with Crippen LogP contribution in [0.25, 0.3) is 0 Å². The third-order valence-corrected chi connectivity index (χ3v) is 1.21. The van der Waals surface area contributed by atoms with E-state index >= 15 is 0 Å². The number of carboxylic acids is 1. The van der Waals surface area contributed by atoms with E-state index in [2.05, 4.69) is 6.07 Å². The number of hydrogen-bond acceptors (Lipinski definition) is 2. The Hall–Kier alpha value is -1.82. The Balaban J connectivity index is 3.26. The molecule has 0 fully saturated rings. The third-order valence-electron chi connectivity index (χ3n) is 1.21. The van der Waals surface area contributed by atoms with Crippen LogP contribution in [0, 0.1) is 17.4 Å². The smallest absolute Gasteiger partial charge is 0.337 e. The summed E-state index contributed by atoms with van der Waals surface area (Å²) in [6, 6.07) is 8.55. The molecule has 1 radical (unpaired) electrons. The molecule has 1 aromatic rings. The normalized spacial score (nSPS) is 8.64. The van der Waals surface area contributed by atoms with Gasteiger partial charge in [0.2, 0.25) is 0 Å². The molecule has 3 nitrogen and oxygen atoms in total. The molecule has 0 saturated heterocycles. The molecular weight excluding hydrogens is 142 g/mol. The van der Waals surface area contributed by atoms with Gasteiger partial charge in [0.15, 0.2) is 0 Å². The van der Waals surface area contributed by atoms with E-state index in [1.54, 1.807) is 6.07 Å². The molecule has 53 valence electrons. The second-order valence-corrected chi connectivity index (χ2v) is 1.89. The molecular formula is C8H4NO2. The zero-order valence-corrected chi connectivity index (χ0v) is 5.53. The quantitative estimate of drug-likeness (QED) is 0.644. The van der Waals surface area contributed by atoms with Crippen LogP contribution in [0.1, 0.15) is 15.9 Å². The Kier molecular flexibility index (Phi) is 1.88. The van der Waals surface area contributed by atoms with Gasteiger partial charge in [-0.2, -0.15) is 5.26 Å². The predicted molar refractivity (Wildman–Crippen MR) is 37.0 cm³/mol. The molecule has 1 N–H and O–H groups in total. The van der Waals surface area contributed by atoms with E-state index in [4.69, 9.17) is 10.4 Å². The fourth-order valence-corrected chi connectivity index (χ4v) is 0.709. The van der Waals surface area contributed by atoms with Crippen molar-refractivity contribution in [2.45, 2.75) is 0 Å². The molecule has 0 aromatic heterocycles. The summed E-state index contributed by atoms with van der Waals surface area (Å²) in [5.74, 6) is -1.09. The zero-order valence-electron chi connectivity index (χ0n) is 5.53. The molecule has 0 unspecified atom stereocenters. The summed E-state index contributed by atoms with van der Waals surface area (Å²) in [5.41, 5.74) is 0.159. The number of benzene rings is 1. The van der Waals surface area contributed by atoms with E-state index < -0.39 is 5.97 Å². The molecule has 0 aliphatic carbocycles. The summed E-state index contributed by atoms with van der Waals surface area (Å²) in [4.78, 5) is 10.4. The van der Waals surface area contributed by atoms with Gasteiger partial charge in [0.05, 0.1) is 11.1 Å². The van der Waals surface area contributed by atoms with Gasteiger partial charge in [-0.05, 0) is 18.2 Å². The monoisotopic (exact) mass is 146 g/mol. The van der Waals surface area contributed by atoms with Crippen molar-refractivity contribution in [1.82, 2.24) is 0 Å². The van der Waals surface area contributed by atoms with Gasteiger partial charge in [0.25, 0.3) is 0 Å². The molecule has 0 heterocycles. The topological polar surface area (TPSA) is 61.1 Å². The van der Waals surface area contributed by atoms with Crippen molar-refractivity contribution in [2.24, 2.45) is 0 Å². The van der Waals surface area contributed by atoms with Crippen molar-refractivity contribution in [1.29, 1.82) is 5.26 Å². The van der Waals surface area contributed by atoms with Crippen molar-refractivity contribution in [3.8, 4) is 6.07 Å². The van der Waals surface area contributed by atoms with Crippen molar-refractivity contribution in [3.05, 3.63) is 35.4 Å². The second kappa shape index (κ2) is 2.84. The van der Waals surface area contributed by atoms with Crippen LogP contribution >= 0.6 is 0 Å². The molecule has 0 saturated carbocycles. The maximum atomic E-state index is 10.4. The van der Waals surface area contributed by atoms with Crippen LogP contribution in [0.15, 0.2) is 18.2 Å². The lowest BCUT2D eigenvalue weighted by molar-refractivity contribution is 0.0696. The number of nitrogens with zero attached hydrogens (tertiary/aromatic N) is 1. The SMILES string of the molecule is N#Cc1c[c]ccc1C(=O)O. The Bertz CT molecular complexity index is 325. The lowest BCUT2D eigenvalue weighted by Gasteiger charge is -1.93. The van der Waals surface area contributed by atoms with Gasteiger partial charge < -0.3 is 5.11 Å². The van der Waals surface area contributed by atoms with Crippen LogP contribution < -0.4 is 0 Å². The lowest BCUT2D eigenvalue weighted by Crippen LogP contribution is -1.98. The highest BCUT2D eigenvalue weighted by Gasteiger charge is 2.06. The Labute approximate surface area is 63.5 Å². The maximum absolute atomic E-state index is 10.4. The van der Waals surface area contributed by atoms with Crippen LogP contribution in [-0.4, -0.2) is 11.1 Å². The Morgan fingerprint density at radius 2 is 2.45 bits per heavy atom. The first-order valence-electron chi connectivity index (χ1n) is 2.89. The minimum Gasteiger partial charge on any atom is -0.478 e. The summed E-state index contributed by atoms with van der Waals surface area (Å²) in [6.07, 6.45) is 0. The van der Waals surface area contributed by atoms with Gasteiger partial charge in [-0.15, -0.1) is 0 Å². The van der Waals surface area contributed by atoms with E-state index in [0.717, 1.165) is 0 Å². The molecule has 0 amide bonds. The van der Waals surface area contributed by atoms with Gasteiger partial charge in [-0.3, -0.25) is 0 Å². The number of nitriles is 1. The number of carboxylic acid groups (broad SMARTS) is 1. The zero-order chi connectivity index (χ0) is 8.27. The number of hydrogen-bond donors (Lipinski definition) is 1. The van der Waals surface area contributed by atoms with Gasteiger partial charge >= 0.3 is 5.97 Å². The van der Waals surface area contributed by atoms with Crippen LogP contribution in [0.3, 0.4) is 0 Å². The van der Waals surface area contributed by atoms with E-state index in [1.807, 2.05) is 0 Å². The summed E-state index contributed by atoms with van der Waals surface area (Å²) in [6.45, 7) is 0. The van der Waals surface area contributed by atoms with Gasteiger partial charge in [0, 0.05) is 0 Å². The van der Waals surface area contributed by atoms with Crippen LogP contribution in [-0.2, 0) is 0 Å². The first kappa shape index (κ1) is 7.29. The number of rotatable bonds is 1. The van der Waals surface area contributed by atoms with E-state index in [1.165, 1.54) is 18.2 Å². The van der Waals surface area contributed by atoms with Crippen molar-refractivity contribution < 1.29 is 9.90 Å². The molecule has 1 aromatic carbocycles. The van der Waals surface area contributed by atoms with Gasteiger partial charge in [-0.25, -0.2) is 4.79 Å². The Morgan fingerprint density at radius 1 is 1.73 bits per heavy atom. The van der Waals surface area contributed by atoms with E-state index in [0.29, 0.717) is 0 Å². The third kappa shape index (κ3) is 1.36. The minimum atomic E-state index is -1.09. The second-order valence-electron chi connectivity index (χ2n) is 1.89. The molecule has 0 aliphatic rings. The first-order valence-corrected chi connectivity index (χ1v) is 2.89. The van der Waals surface area contributed by atoms with Crippen LogP contribution in [0.2, 0.25) is 0 Å². The molecule has 0 spiro atoms. The average molecular weight is 146 g/mol. The van der Waals surface area contributed by atoms with Gasteiger partial charge in [-0.1, -0.05) is 6.07 Å². The molecule has 0 atom stereocenters. The molecule has 1 rings (SSSR count). The number of aromatic carboxylic acids is 1. The highest BCUT2D eigenvalue weighted by molar-refractivity contribution is 5.90. The first-order chi connectivity index (χ1) is 5.25. The van der Waals surface area contributed by atoms with Crippen molar-refractivity contribution in [3.63, 3.8) is 0 Å². The van der Waals surface area contributed by atoms with E-state index in [-0.39, 0.29) is 11.1 Å². The predicted octanol–water partition coefficient (Wildman–Crippen LogP) is 1.06. The molecule has 0 aliphatic heterocycles. The van der Waals surface area contributed by atoms with E-state index in [9.17, 15) is 4.79 Å². The minimum absolute atomic E-state index is 0.0197. The standard InChI is InChI=1S/C8H4NO2/c9-5-6-3-1-2-4-7(6)8(10)11/h2-4H,(H,10,11). The molecule has 0 bridgehead atoms. The fraction of sp³-hybridized carbons (Fsp3) is 0. The van der Waals surface area contributed by atoms with Gasteiger partial charge in [0.1, 0.15) is 6.07 Å². The largest absolute Gasteiger partial charge is 0.478 e. The summed E-state index contributed by atoms with van der Waals surface area (Å²) < 4.78 is 0. The maximum Gasteiger partial charge on any atom is 0.337 e. The summed E-state index contributed by atoms with van der Waals surface area (Å²) in [5, 5.41) is 17.0. The molecule has 11 heavy (non-hydrogen) atoms. The fourth-order valence-electron chi connectivity index (χ4n) is 0.709. The Morgan fingerprint density at radius 3 is 2.91 bits per heavy atom. The number of carbonyl (C=O) groups is 1. The van der Waals surface area contributed by atoms with Crippen molar-refractivity contribution >= 4 is 5.97 Å². The lowest BCUT2D eigenvalue weighted by atomic mass is 10.1. The average Bonchev–Trinajstić information content (AvgIpc) is 2.04. The molecule has 3 heteroatoms. The summed E-state index contributed by atoms with van der Waals surface area (Å²) in [7, 11) is 0.